The van der Waals surface area contributed by atoms with Crippen LogP contribution >= 0.6 is 0 Å². The van der Waals surface area contributed by atoms with Gasteiger partial charge in [-0.3, -0.25) is 0 Å². The predicted octanol–water partition coefficient (Wildman–Crippen LogP) is 5.61. The summed E-state index contributed by atoms with van der Waals surface area (Å²) >= 11 is 0. The minimum atomic E-state index is 0.629. The van der Waals surface area contributed by atoms with Crippen LogP contribution in [0.1, 0.15) is 25.0 Å². The Morgan fingerprint density at radius 3 is 1.50 bits per heavy atom. The van der Waals surface area contributed by atoms with E-state index in [-0.39, 0.29) is 0 Å². The molecule has 0 heterocycles. The lowest BCUT2D eigenvalue weighted by Crippen LogP contribution is -1.99. The van der Waals surface area contributed by atoms with Crippen molar-refractivity contribution in [2.45, 2.75) is 26.7 Å². The molecule has 0 aromatic heterocycles. The van der Waals surface area contributed by atoms with Gasteiger partial charge in [-0.25, -0.2) is 0 Å². The van der Waals surface area contributed by atoms with Crippen LogP contribution in [-0.4, -0.2) is 13.2 Å². The minimum Gasteiger partial charge on any atom is -0.493 e. The van der Waals surface area contributed by atoms with Crippen molar-refractivity contribution in [3.63, 3.8) is 0 Å². The van der Waals surface area contributed by atoms with Crippen molar-refractivity contribution < 1.29 is 9.47 Å². The first-order chi connectivity index (χ1) is 11.7. The third-order valence-corrected chi connectivity index (χ3v) is 3.74. The van der Waals surface area contributed by atoms with Gasteiger partial charge in [0, 0.05) is 11.1 Å². The van der Waals surface area contributed by atoms with E-state index < -0.39 is 0 Å². The van der Waals surface area contributed by atoms with Crippen molar-refractivity contribution in [1.82, 2.24) is 0 Å². The third-order valence-electron chi connectivity index (χ3n) is 3.74. The molecule has 0 saturated carbocycles. The van der Waals surface area contributed by atoms with Crippen molar-refractivity contribution in [2.75, 3.05) is 13.2 Å². The first kappa shape index (κ1) is 17.9. The summed E-state index contributed by atoms with van der Waals surface area (Å²) in [5.41, 5.74) is 4.54. The van der Waals surface area contributed by atoms with E-state index in [1.165, 1.54) is 11.1 Å². The fourth-order valence-corrected chi connectivity index (χ4v) is 2.73. The highest BCUT2D eigenvalue weighted by atomic mass is 16.5. The standard InChI is InChI=1S/C22H26O2/c1-5-9-17-11-13-21(23-7-3)19(15-17)20-16-18(10-6-2)12-14-22(20)24-8-4/h5-6,11-16H,1-2,7-10H2,3-4H3. The SMILES string of the molecule is C=CCc1ccc(OCC)c(-c2cc(CC=C)ccc2OCC)c1. The van der Waals surface area contributed by atoms with Gasteiger partial charge in [0.25, 0.3) is 0 Å². The van der Waals surface area contributed by atoms with E-state index >= 15 is 0 Å². The number of benzene rings is 2. The van der Waals surface area contributed by atoms with Crippen molar-refractivity contribution in [2.24, 2.45) is 0 Å². The molecule has 2 aromatic rings. The Kier molecular flexibility index (Phi) is 6.68. The highest BCUT2D eigenvalue weighted by molar-refractivity contribution is 5.77. The molecule has 2 heteroatoms. The maximum absolute atomic E-state index is 5.86. The number of rotatable bonds is 9. The van der Waals surface area contributed by atoms with Crippen molar-refractivity contribution in [1.29, 1.82) is 0 Å². The molecule has 0 N–H and O–H groups in total. The highest BCUT2D eigenvalue weighted by Crippen LogP contribution is 2.38. The summed E-state index contributed by atoms with van der Waals surface area (Å²) in [4.78, 5) is 0. The molecule has 0 radical (unpaired) electrons. The Morgan fingerprint density at radius 1 is 0.750 bits per heavy atom. The van der Waals surface area contributed by atoms with Crippen LogP contribution in [-0.2, 0) is 12.8 Å². The second kappa shape index (κ2) is 8.97. The Bertz CT molecular complexity index is 640. The molecule has 0 atom stereocenters. The molecule has 0 bridgehead atoms. The van der Waals surface area contributed by atoms with Crippen molar-refractivity contribution in [3.8, 4) is 22.6 Å². The predicted molar refractivity (Wildman–Crippen MR) is 102 cm³/mol. The van der Waals surface area contributed by atoms with E-state index in [2.05, 4.69) is 37.4 Å². The maximum Gasteiger partial charge on any atom is 0.127 e. The quantitative estimate of drug-likeness (QED) is 0.559. The molecule has 0 aliphatic carbocycles. The average Bonchev–Trinajstić information content (AvgIpc) is 2.58. The van der Waals surface area contributed by atoms with Crippen molar-refractivity contribution in [3.05, 3.63) is 72.8 Å². The highest BCUT2D eigenvalue weighted by Gasteiger charge is 2.13. The molecule has 2 rings (SSSR count). The average molecular weight is 322 g/mol. The molecule has 0 saturated heterocycles. The molecule has 0 spiro atoms. The summed E-state index contributed by atoms with van der Waals surface area (Å²) in [5.74, 6) is 1.75. The number of hydrogen-bond donors (Lipinski definition) is 0. The van der Waals surface area contributed by atoms with Gasteiger partial charge >= 0.3 is 0 Å². The van der Waals surface area contributed by atoms with Gasteiger partial charge in [-0.2, -0.15) is 0 Å². The molecule has 24 heavy (non-hydrogen) atoms. The van der Waals surface area contributed by atoms with Crippen LogP contribution in [0, 0.1) is 0 Å². The van der Waals surface area contributed by atoms with Crippen LogP contribution in [0.4, 0.5) is 0 Å². The van der Waals surface area contributed by atoms with E-state index in [0.29, 0.717) is 13.2 Å². The van der Waals surface area contributed by atoms with Crippen LogP contribution in [0.5, 0.6) is 11.5 Å². The number of ether oxygens (including phenoxy) is 2. The molecule has 0 fully saturated rings. The van der Waals surface area contributed by atoms with Crippen LogP contribution in [0.2, 0.25) is 0 Å². The van der Waals surface area contributed by atoms with Gasteiger partial charge in [0.2, 0.25) is 0 Å². The summed E-state index contributed by atoms with van der Waals surface area (Å²) in [6.45, 7) is 12.9. The van der Waals surface area contributed by atoms with Crippen LogP contribution < -0.4 is 9.47 Å². The minimum absolute atomic E-state index is 0.629. The fourth-order valence-electron chi connectivity index (χ4n) is 2.73. The maximum atomic E-state index is 5.86. The van der Waals surface area contributed by atoms with Crippen LogP contribution in [0.15, 0.2) is 61.7 Å². The molecule has 0 aliphatic heterocycles. The summed E-state index contributed by atoms with van der Waals surface area (Å²) in [5, 5.41) is 0. The Labute approximate surface area is 145 Å². The van der Waals surface area contributed by atoms with Crippen LogP contribution in [0.25, 0.3) is 11.1 Å². The zero-order valence-electron chi connectivity index (χ0n) is 14.7. The van der Waals surface area contributed by atoms with E-state index in [4.69, 9.17) is 9.47 Å². The third kappa shape index (κ3) is 4.29. The molecule has 0 unspecified atom stereocenters. The fraction of sp³-hybridized carbons (Fsp3) is 0.273. The Balaban J connectivity index is 2.61. The first-order valence-corrected chi connectivity index (χ1v) is 8.47. The molecule has 0 amide bonds. The van der Waals surface area contributed by atoms with Crippen molar-refractivity contribution >= 4 is 0 Å². The molecular formula is C22H26O2. The summed E-state index contributed by atoms with van der Waals surface area (Å²) in [7, 11) is 0. The molecule has 0 aliphatic rings. The Hall–Kier alpha value is -2.48. The van der Waals surface area contributed by atoms with Crippen LogP contribution in [0.3, 0.4) is 0 Å². The number of hydrogen-bond acceptors (Lipinski definition) is 2. The van der Waals surface area contributed by atoms with Gasteiger partial charge < -0.3 is 9.47 Å². The number of allylic oxidation sites excluding steroid dienone is 2. The zero-order valence-corrected chi connectivity index (χ0v) is 14.7. The topological polar surface area (TPSA) is 18.5 Å². The summed E-state index contributed by atoms with van der Waals surface area (Å²) in [6.07, 6.45) is 5.49. The summed E-state index contributed by atoms with van der Waals surface area (Å²) < 4.78 is 11.7. The molecule has 126 valence electrons. The normalized spacial score (nSPS) is 10.2. The molecular weight excluding hydrogens is 296 g/mol. The van der Waals surface area contributed by atoms with Gasteiger partial charge in [0.1, 0.15) is 11.5 Å². The van der Waals surface area contributed by atoms with Gasteiger partial charge in [0.05, 0.1) is 13.2 Å². The Morgan fingerprint density at radius 2 is 1.17 bits per heavy atom. The van der Waals surface area contributed by atoms with Gasteiger partial charge in [-0.1, -0.05) is 24.3 Å². The van der Waals surface area contributed by atoms with E-state index in [1.54, 1.807) is 0 Å². The lowest BCUT2D eigenvalue weighted by atomic mass is 9.97. The largest absolute Gasteiger partial charge is 0.493 e. The van der Waals surface area contributed by atoms with E-state index in [0.717, 1.165) is 35.5 Å². The second-order valence-corrected chi connectivity index (χ2v) is 5.51. The second-order valence-electron chi connectivity index (χ2n) is 5.51. The van der Waals surface area contributed by atoms with Gasteiger partial charge in [0.15, 0.2) is 0 Å². The lowest BCUT2D eigenvalue weighted by molar-refractivity contribution is 0.336. The van der Waals surface area contributed by atoms with E-state index in [1.807, 2.05) is 38.1 Å². The van der Waals surface area contributed by atoms with Gasteiger partial charge in [-0.05, 0) is 62.1 Å². The van der Waals surface area contributed by atoms with E-state index in [9.17, 15) is 0 Å². The molecule has 2 aromatic carbocycles. The lowest BCUT2D eigenvalue weighted by Gasteiger charge is -2.16. The molecule has 2 nitrogen and oxygen atoms in total. The van der Waals surface area contributed by atoms with Gasteiger partial charge in [-0.15, -0.1) is 13.2 Å². The summed E-state index contributed by atoms with van der Waals surface area (Å²) in [6, 6.07) is 12.6. The smallest absolute Gasteiger partial charge is 0.127 e. The first-order valence-electron chi connectivity index (χ1n) is 8.47. The zero-order chi connectivity index (χ0) is 17.4. The monoisotopic (exact) mass is 322 g/mol.